The van der Waals surface area contributed by atoms with Crippen LogP contribution in [0.4, 0.5) is 5.69 Å². The fourth-order valence-corrected chi connectivity index (χ4v) is 1.69. The first-order chi connectivity index (χ1) is 7.13. The van der Waals surface area contributed by atoms with E-state index in [2.05, 4.69) is 21.2 Å². The summed E-state index contributed by atoms with van der Waals surface area (Å²) in [4.78, 5) is 11.3. The smallest absolute Gasteiger partial charge is 0.250 e. The molecule has 0 saturated heterocycles. The van der Waals surface area contributed by atoms with Crippen molar-refractivity contribution in [2.75, 3.05) is 18.5 Å². The SMILES string of the molecule is CCOCC(=O)Nc1ccc(Br)cc1Cl. The molecular weight excluding hydrogens is 281 g/mol. The van der Waals surface area contributed by atoms with Gasteiger partial charge in [-0.05, 0) is 25.1 Å². The van der Waals surface area contributed by atoms with E-state index in [1.807, 2.05) is 13.0 Å². The summed E-state index contributed by atoms with van der Waals surface area (Å²) < 4.78 is 5.84. The van der Waals surface area contributed by atoms with Crippen LogP contribution in [0.5, 0.6) is 0 Å². The molecule has 82 valence electrons. The minimum atomic E-state index is -0.207. The van der Waals surface area contributed by atoms with Crippen molar-refractivity contribution in [3.8, 4) is 0 Å². The molecule has 1 rings (SSSR count). The predicted octanol–water partition coefficient (Wildman–Crippen LogP) is 3.08. The van der Waals surface area contributed by atoms with Crippen LogP contribution in [0.15, 0.2) is 22.7 Å². The lowest BCUT2D eigenvalue weighted by atomic mass is 10.3. The standard InChI is InChI=1S/C10H11BrClNO2/c1-2-15-6-10(14)13-9-4-3-7(11)5-8(9)12/h3-5H,2,6H2,1H3,(H,13,14). The summed E-state index contributed by atoms with van der Waals surface area (Å²) in [5.41, 5.74) is 0.588. The Labute approximate surface area is 102 Å². The molecule has 15 heavy (non-hydrogen) atoms. The lowest BCUT2D eigenvalue weighted by Gasteiger charge is -2.07. The van der Waals surface area contributed by atoms with Crippen LogP contribution < -0.4 is 5.32 Å². The number of nitrogens with one attached hydrogen (secondary N) is 1. The summed E-state index contributed by atoms with van der Waals surface area (Å²) in [6, 6.07) is 5.26. The highest BCUT2D eigenvalue weighted by Crippen LogP contribution is 2.25. The largest absolute Gasteiger partial charge is 0.372 e. The van der Waals surface area contributed by atoms with Crippen LogP contribution in [0.1, 0.15) is 6.92 Å². The number of rotatable bonds is 4. The minimum absolute atomic E-state index is 0.0445. The highest BCUT2D eigenvalue weighted by atomic mass is 79.9. The third-order valence-electron chi connectivity index (χ3n) is 1.64. The van der Waals surface area contributed by atoms with Crippen molar-refractivity contribution < 1.29 is 9.53 Å². The molecule has 1 aromatic rings. The Hall–Kier alpha value is -0.580. The Balaban J connectivity index is 2.60. The molecule has 0 atom stereocenters. The molecule has 1 aromatic carbocycles. The zero-order chi connectivity index (χ0) is 11.3. The van der Waals surface area contributed by atoms with E-state index in [1.165, 1.54) is 0 Å². The lowest BCUT2D eigenvalue weighted by molar-refractivity contribution is -0.120. The number of hydrogen-bond acceptors (Lipinski definition) is 2. The van der Waals surface area contributed by atoms with Crippen LogP contribution in [0, 0.1) is 0 Å². The number of carbonyl (C=O) groups is 1. The number of hydrogen-bond donors (Lipinski definition) is 1. The lowest BCUT2D eigenvalue weighted by Crippen LogP contribution is -2.18. The number of carbonyl (C=O) groups excluding carboxylic acids is 1. The van der Waals surface area contributed by atoms with Gasteiger partial charge in [-0.1, -0.05) is 27.5 Å². The van der Waals surface area contributed by atoms with Crippen LogP contribution in [-0.4, -0.2) is 19.1 Å². The van der Waals surface area contributed by atoms with Crippen LogP contribution in [0.2, 0.25) is 5.02 Å². The van der Waals surface area contributed by atoms with Crippen molar-refractivity contribution in [3.63, 3.8) is 0 Å². The monoisotopic (exact) mass is 291 g/mol. The van der Waals surface area contributed by atoms with Gasteiger partial charge >= 0.3 is 0 Å². The van der Waals surface area contributed by atoms with Gasteiger partial charge in [0.05, 0.1) is 10.7 Å². The molecule has 0 heterocycles. The Morgan fingerprint density at radius 1 is 1.60 bits per heavy atom. The number of amides is 1. The summed E-state index contributed by atoms with van der Waals surface area (Å²) >= 11 is 9.20. The number of benzene rings is 1. The zero-order valence-corrected chi connectivity index (χ0v) is 10.6. The second-order valence-electron chi connectivity index (χ2n) is 2.81. The zero-order valence-electron chi connectivity index (χ0n) is 8.22. The molecule has 0 aliphatic rings. The van der Waals surface area contributed by atoms with E-state index in [1.54, 1.807) is 12.1 Å². The fourth-order valence-electron chi connectivity index (χ4n) is 0.972. The molecule has 0 fully saturated rings. The number of ether oxygens (including phenoxy) is 1. The van der Waals surface area contributed by atoms with Crippen molar-refractivity contribution >= 4 is 39.1 Å². The number of anilines is 1. The van der Waals surface area contributed by atoms with Gasteiger partial charge in [0.2, 0.25) is 5.91 Å². The molecule has 0 aromatic heterocycles. The molecule has 0 aliphatic carbocycles. The van der Waals surface area contributed by atoms with Gasteiger partial charge in [-0.2, -0.15) is 0 Å². The maximum Gasteiger partial charge on any atom is 0.250 e. The Bertz CT molecular complexity index is 357. The molecule has 0 spiro atoms. The average Bonchev–Trinajstić information content (AvgIpc) is 2.19. The first-order valence-electron chi connectivity index (χ1n) is 4.46. The van der Waals surface area contributed by atoms with Crippen molar-refractivity contribution in [2.45, 2.75) is 6.92 Å². The van der Waals surface area contributed by atoms with Gasteiger partial charge in [0.15, 0.2) is 0 Å². The van der Waals surface area contributed by atoms with E-state index in [-0.39, 0.29) is 12.5 Å². The van der Waals surface area contributed by atoms with Crippen LogP contribution in [0.3, 0.4) is 0 Å². The first kappa shape index (κ1) is 12.5. The predicted molar refractivity (Wildman–Crippen MR) is 64.3 cm³/mol. The third-order valence-corrected chi connectivity index (χ3v) is 2.45. The van der Waals surface area contributed by atoms with E-state index < -0.39 is 0 Å². The number of halogens is 2. The third kappa shape index (κ3) is 4.20. The van der Waals surface area contributed by atoms with Gasteiger partial charge in [0.25, 0.3) is 0 Å². The Morgan fingerprint density at radius 3 is 2.93 bits per heavy atom. The fraction of sp³-hybridized carbons (Fsp3) is 0.300. The van der Waals surface area contributed by atoms with Crippen LogP contribution in [0.25, 0.3) is 0 Å². The summed E-state index contributed by atoms with van der Waals surface area (Å²) in [7, 11) is 0. The summed E-state index contributed by atoms with van der Waals surface area (Å²) in [6.07, 6.45) is 0. The Morgan fingerprint density at radius 2 is 2.33 bits per heavy atom. The molecule has 0 saturated carbocycles. The van der Waals surface area contributed by atoms with E-state index in [0.29, 0.717) is 17.3 Å². The molecule has 5 heteroatoms. The van der Waals surface area contributed by atoms with Gasteiger partial charge in [0.1, 0.15) is 6.61 Å². The highest BCUT2D eigenvalue weighted by Gasteiger charge is 2.05. The maximum atomic E-state index is 11.3. The molecule has 0 bridgehead atoms. The van der Waals surface area contributed by atoms with Crippen molar-refractivity contribution in [1.29, 1.82) is 0 Å². The summed E-state index contributed by atoms with van der Waals surface area (Å²) in [5, 5.41) is 3.15. The molecule has 0 radical (unpaired) electrons. The molecule has 0 aliphatic heterocycles. The summed E-state index contributed by atoms with van der Waals surface area (Å²) in [5.74, 6) is -0.207. The Kier molecular flexibility index (Phi) is 5.08. The topological polar surface area (TPSA) is 38.3 Å². The molecule has 1 amide bonds. The van der Waals surface area contributed by atoms with Gasteiger partial charge in [0, 0.05) is 11.1 Å². The second kappa shape index (κ2) is 6.10. The van der Waals surface area contributed by atoms with E-state index in [0.717, 1.165) is 4.47 Å². The second-order valence-corrected chi connectivity index (χ2v) is 4.13. The van der Waals surface area contributed by atoms with E-state index >= 15 is 0 Å². The normalized spacial score (nSPS) is 10.1. The van der Waals surface area contributed by atoms with Gasteiger partial charge in [-0.15, -0.1) is 0 Å². The molecular formula is C10H11BrClNO2. The molecule has 0 unspecified atom stereocenters. The minimum Gasteiger partial charge on any atom is -0.372 e. The van der Waals surface area contributed by atoms with E-state index in [9.17, 15) is 4.79 Å². The van der Waals surface area contributed by atoms with Crippen molar-refractivity contribution in [3.05, 3.63) is 27.7 Å². The van der Waals surface area contributed by atoms with Crippen molar-refractivity contribution in [1.82, 2.24) is 0 Å². The maximum absolute atomic E-state index is 11.3. The average molecular weight is 293 g/mol. The summed E-state index contributed by atoms with van der Waals surface area (Å²) in [6.45, 7) is 2.39. The van der Waals surface area contributed by atoms with Crippen molar-refractivity contribution in [2.24, 2.45) is 0 Å². The van der Waals surface area contributed by atoms with E-state index in [4.69, 9.17) is 16.3 Å². The first-order valence-corrected chi connectivity index (χ1v) is 5.63. The molecule has 3 nitrogen and oxygen atoms in total. The van der Waals surface area contributed by atoms with Gasteiger partial charge in [-0.3, -0.25) is 4.79 Å². The van der Waals surface area contributed by atoms with Crippen LogP contribution in [-0.2, 0) is 9.53 Å². The quantitative estimate of drug-likeness (QED) is 0.926. The molecule has 1 N–H and O–H groups in total. The van der Waals surface area contributed by atoms with Gasteiger partial charge in [-0.25, -0.2) is 0 Å². The van der Waals surface area contributed by atoms with Gasteiger partial charge < -0.3 is 10.1 Å². The van der Waals surface area contributed by atoms with Crippen LogP contribution >= 0.6 is 27.5 Å². The highest BCUT2D eigenvalue weighted by molar-refractivity contribution is 9.10.